The highest BCUT2D eigenvalue weighted by atomic mass is 16.1. The molecule has 126 valence electrons. The van der Waals surface area contributed by atoms with E-state index in [-0.39, 0.29) is 11.8 Å². The van der Waals surface area contributed by atoms with E-state index in [1.54, 1.807) is 0 Å². The molecule has 0 spiro atoms. The molecule has 2 fully saturated rings. The SMILES string of the molecule is CC(C)C(=O)Nc1cccc(NC2CCCC2C2CCCN2)c1. The van der Waals surface area contributed by atoms with Crippen LogP contribution in [0.3, 0.4) is 0 Å². The standard InChI is InChI=1S/C19H29N3O/c1-13(2)19(23)22-15-7-3-6-14(12-15)21-18-9-4-8-16(18)17-10-5-11-20-17/h3,6-7,12-13,16-18,20-21H,4-5,8-11H2,1-2H3,(H,22,23). The van der Waals surface area contributed by atoms with E-state index in [9.17, 15) is 4.79 Å². The lowest BCUT2D eigenvalue weighted by Gasteiger charge is -2.27. The summed E-state index contributed by atoms with van der Waals surface area (Å²) in [5, 5.41) is 10.4. The van der Waals surface area contributed by atoms with Crippen LogP contribution in [-0.4, -0.2) is 24.5 Å². The van der Waals surface area contributed by atoms with Crippen LogP contribution in [0.5, 0.6) is 0 Å². The van der Waals surface area contributed by atoms with Gasteiger partial charge in [-0.15, -0.1) is 0 Å². The second-order valence-corrected chi connectivity index (χ2v) is 7.27. The Kier molecular flexibility index (Phi) is 5.21. The molecule has 1 aromatic rings. The van der Waals surface area contributed by atoms with Crippen molar-refractivity contribution in [2.24, 2.45) is 11.8 Å². The van der Waals surface area contributed by atoms with Crippen molar-refractivity contribution in [3.05, 3.63) is 24.3 Å². The maximum Gasteiger partial charge on any atom is 0.226 e. The van der Waals surface area contributed by atoms with Crippen molar-refractivity contribution in [2.45, 2.75) is 58.0 Å². The Hall–Kier alpha value is -1.55. The monoisotopic (exact) mass is 315 g/mol. The minimum absolute atomic E-state index is 0.000677. The van der Waals surface area contributed by atoms with Gasteiger partial charge in [0.1, 0.15) is 0 Å². The summed E-state index contributed by atoms with van der Waals surface area (Å²) in [5.74, 6) is 0.793. The van der Waals surface area contributed by atoms with Crippen LogP contribution in [0, 0.1) is 11.8 Å². The minimum Gasteiger partial charge on any atom is -0.382 e. The molecule has 1 aliphatic carbocycles. The molecule has 3 N–H and O–H groups in total. The molecular formula is C19H29N3O. The largest absolute Gasteiger partial charge is 0.382 e. The molecule has 1 amide bonds. The Morgan fingerprint density at radius 2 is 2.00 bits per heavy atom. The van der Waals surface area contributed by atoms with E-state index in [4.69, 9.17) is 0 Å². The summed E-state index contributed by atoms with van der Waals surface area (Å²) in [7, 11) is 0. The molecule has 3 atom stereocenters. The summed E-state index contributed by atoms with van der Waals surface area (Å²) >= 11 is 0. The molecule has 2 aliphatic rings. The number of anilines is 2. The average Bonchev–Trinajstić information content (AvgIpc) is 3.18. The number of nitrogens with one attached hydrogen (secondary N) is 3. The first kappa shape index (κ1) is 16.3. The van der Waals surface area contributed by atoms with Gasteiger partial charge < -0.3 is 16.0 Å². The lowest BCUT2D eigenvalue weighted by Crippen LogP contribution is -2.38. The van der Waals surface area contributed by atoms with Crippen LogP contribution >= 0.6 is 0 Å². The fourth-order valence-corrected chi connectivity index (χ4v) is 3.91. The fourth-order valence-electron chi connectivity index (χ4n) is 3.91. The zero-order valence-electron chi connectivity index (χ0n) is 14.3. The van der Waals surface area contributed by atoms with Gasteiger partial charge in [0.15, 0.2) is 0 Å². The summed E-state index contributed by atoms with van der Waals surface area (Å²) < 4.78 is 0. The third-order valence-corrected chi connectivity index (χ3v) is 5.19. The third kappa shape index (κ3) is 4.05. The molecule has 1 aliphatic heterocycles. The highest BCUT2D eigenvalue weighted by Crippen LogP contribution is 2.34. The maximum absolute atomic E-state index is 11.9. The van der Waals surface area contributed by atoms with Gasteiger partial charge in [-0.2, -0.15) is 0 Å². The number of hydrogen-bond donors (Lipinski definition) is 3. The Balaban J connectivity index is 1.64. The Morgan fingerprint density at radius 3 is 2.74 bits per heavy atom. The van der Waals surface area contributed by atoms with E-state index < -0.39 is 0 Å². The zero-order valence-corrected chi connectivity index (χ0v) is 14.3. The van der Waals surface area contributed by atoms with Crippen molar-refractivity contribution < 1.29 is 4.79 Å². The molecule has 0 aromatic heterocycles. The predicted molar refractivity (Wildman–Crippen MR) is 95.7 cm³/mol. The van der Waals surface area contributed by atoms with Gasteiger partial charge in [0.2, 0.25) is 5.91 Å². The van der Waals surface area contributed by atoms with Gasteiger partial charge in [-0.1, -0.05) is 26.3 Å². The highest BCUT2D eigenvalue weighted by Gasteiger charge is 2.34. The van der Waals surface area contributed by atoms with Gasteiger partial charge in [0.05, 0.1) is 0 Å². The summed E-state index contributed by atoms with van der Waals surface area (Å²) in [6.45, 7) is 4.99. The van der Waals surface area contributed by atoms with Gasteiger partial charge in [-0.3, -0.25) is 4.79 Å². The number of benzene rings is 1. The van der Waals surface area contributed by atoms with Gasteiger partial charge in [-0.25, -0.2) is 0 Å². The van der Waals surface area contributed by atoms with Crippen molar-refractivity contribution in [3.63, 3.8) is 0 Å². The first-order valence-corrected chi connectivity index (χ1v) is 9.04. The maximum atomic E-state index is 11.9. The summed E-state index contributed by atoms with van der Waals surface area (Å²) in [6, 6.07) is 9.34. The molecule has 4 heteroatoms. The van der Waals surface area contributed by atoms with E-state index in [2.05, 4.69) is 28.1 Å². The van der Waals surface area contributed by atoms with Crippen molar-refractivity contribution in [1.29, 1.82) is 0 Å². The van der Waals surface area contributed by atoms with Gasteiger partial charge in [0.25, 0.3) is 0 Å². The number of carbonyl (C=O) groups is 1. The number of hydrogen-bond acceptors (Lipinski definition) is 3. The number of rotatable bonds is 5. The lowest BCUT2D eigenvalue weighted by atomic mass is 9.93. The van der Waals surface area contributed by atoms with Gasteiger partial charge >= 0.3 is 0 Å². The average molecular weight is 315 g/mol. The van der Waals surface area contributed by atoms with Crippen molar-refractivity contribution in [2.75, 3.05) is 17.2 Å². The highest BCUT2D eigenvalue weighted by molar-refractivity contribution is 5.92. The van der Waals surface area contributed by atoms with E-state index >= 15 is 0 Å². The van der Waals surface area contributed by atoms with Crippen LogP contribution in [0.1, 0.15) is 46.0 Å². The molecule has 1 saturated carbocycles. The van der Waals surface area contributed by atoms with E-state index in [0.717, 1.165) is 17.3 Å². The Labute approximate surface area is 139 Å². The Morgan fingerprint density at radius 1 is 1.17 bits per heavy atom. The first-order valence-electron chi connectivity index (χ1n) is 9.04. The lowest BCUT2D eigenvalue weighted by molar-refractivity contribution is -0.118. The van der Waals surface area contributed by atoms with Crippen molar-refractivity contribution in [1.82, 2.24) is 5.32 Å². The fraction of sp³-hybridized carbons (Fsp3) is 0.632. The van der Waals surface area contributed by atoms with Crippen LogP contribution in [0.25, 0.3) is 0 Å². The van der Waals surface area contributed by atoms with Crippen molar-refractivity contribution in [3.8, 4) is 0 Å². The first-order chi connectivity index (χ1) is 11.1. The van der Waals surface area contributed by atoms with Gasteiger partial charge in [0, 0.05) is 29.4 Å². The number of amides is 1. The molecule has 1 aromatic carbocycles. The smallest absolute Gasteiger partial charge is 0.226 e. The normalized spacial score (nSPS) is 27.3. The van der Waals surface area contributed by atoms with E-state index in [1.807, 2.05) is 26.0 Å². The molecule has 0 bridgehead atoms. The second-order valence-electron chi connectivity index (χ2n) is 7.27. The molecular weight excluding hydrogens is 286 g/mol. The molecule has 1 heterocycles. The van der Waals surface area contributed by atoms with Crippen LogP contribution < -0.4 is 16.0 Å². The van der Waals surface area contributed by atoms with Crippen LogP contribution in [-0.2, 0) is 4.79 Å². The molecule has 3 rings (SSSR count). The Bertz CT molecular complexity index is 537. The van der Waals surface area contributed by atoms with E-state index in [1.165, 1.54) is 38.6 Å². The predicted octanol–water partition coefficient (Wildman–Crippen LogP) is 3.61. The quantitative estimate of drug-likeness (QED) is 0.778. The van der Waals surface area contributed by atoms with Crippen LogP contribution in [0.15, 0.2) is 24.3 Å². The number of carbonyl (C=O) groups excluding carboxylic acids is 1. The summed E-state index contributed by atoms with van der Waals surface area (Å²) in [4.78, 5) is 11.9. The summed E-state index contributed by atoms with van der Waals surface area (Å²) in [6.07, 6.45) is 6.49. The van der Waals surface area contributed by atoms with Crippen LogP contribution in [0.4, 0.5) is 11.4 Å². The topological polar surface area (TPSA) is 53.2 Å². The second kappa shape index (κ2) is 7.35. The molecule has 0 radical (unpaired) electrons. The zero-order chi connectivity index (χ0) is 16.2. The summed E-state index contributed by atoms with van der Waals surface area (Å²) in [5.41, 5.74) is 1.99. The van der Waals surface area contributed by atoms with Gasteiger partial charge in [-0.05, 0) is 56.3 Å². The molecule has 3 unspecified atom stereocenters. The minimum atomic E-state index is -0.000677. The van der Waals surface area contributed by atoms with E-state index in [0.29, 0.717) is 12.1 Å². The molecule has 1 saturated heterocycles. The third-order valence-electron chi connectivity index (χ3n) is 5.19. The van der Waals surface area contributed by atoms with Crippen LogP contribution in [0.2, 0.25) is 0 Å². The molecule has 23 heavy (non-hydrogen) atoms. The van der Waals surface area contributed by atoms with Crippen molar-refractivity contribution >= 4 is 17.3 Å². The molecule has 4 nitrogen and oxygen atoms in total.